The zero-order valence-electron chi connectivity index (χ0n) is 17.4. The summed E-state index contributed by atoms with van der Waals surface area (Å²) in [4.78, 5) is 33.7. The zero-order valence-corrected chi connectivity index (χ0v) is 18.2. The average molecular weight is 446 g/mol. The van der Waals surface area contributed by atoms with Gasteiger partial charge in [0.1, 0.15) is 11.5 Å². The number of benzene rings is 1. The molecule has 0 saturated carbocycles. The number of aryl methyl sites for hydroxylation is 1. The van der Waals surface area contributed by atoms with Crippen LogP contribution in [0.4, 0.5) is 5.69 Å². The minimum Gasteiger partial charge on any atom is -0.379 e. The van der Waals surface area contributed by atoms with Gasteiger partial charge >= 0.3 is 0 Å². The summed E-state index contributed by atoms with van der Waals surface area (Å²) in [7, 11) is -0.589. The number of fused-ring (bicyclic) bond motifs is 1. The molecule has 2 aliphatic heterocycles. The Hall–Kier alpha value is -3.02. The molecule has 1 aromatic carbocycles. The van der Waals surface area contributed by atoms with Crippen molar-refractivity contribution >= 4 is 39.2 Å². The van der Waals surface area contributed by atoms with Crippen LogP contribution in [0.2, 0.25) is 0 Å². The molecule has 4 rings (SSSR count). The number of nitrogens with one attached hydrogen (secondary N) is 2. The van der Waals surface area contributed by atoms with Crippen molar-refractivity contribution in [3.05, 3.63) is 41.0 Å². The van der Waals surface area contributed by atoms with Gasteiger partial charge < -0.3 is 19.9 Å². The summed E-state index contributed by atoms with van der Waals surface area (Å²) < 4.78 is 33.2. The van der Waals surface area contributed by atoms with E-state index in [4.69, 9.17) is 4.74 Å². The largest absolute Gasteiger partial charge is 0.379 e. The van der Waals surface area contributed by atoms with Crippen molar-refractivity contribution in [2.75, 3.05) is 45.7 Å². The van der Waals surface area contributed by atoms with E-state index in [1.807, 2.05) is 0 Å². The van der Waals surface area contributed by atoms with Crippen LogP contribution in [0, 0.1) is 6.92 Å². The Morgan fingerprint density at radius 3 is 2.65 bits per heavy atom. The predicted molar refractivity (Wildman–Crippen MR) is 114 cm³/mol. The lowest BCUT2D eigenvalue weighted by Gasteiger charge is -2.26. The van der Waals surface area contributed by atoms with E-state index >= 15 is 0 Å². The van der Waals surface area contributed by atoms with E-state index in [1.165, 1.54) is 21.3 Å². The van der Waals surface area contributed by atoms with Crippen molar-refractivity contribution in [2.45, 2.75) is 11.8 Å². The van der Waals surface area contributed by atoms with Gasteiger partial charge in [-0.05, 0) is 25.1 Å². The number of rotatable bonds is 4. The van der Waals surface area contributed by atoms with E-state index in [0.29, 0.717) is 36.0 Å². The minimum absolute atomic E-state index is 0.0457. The number of hydrogen-bond donors (Lipinski definition) is 2. The Balaban J connectivity index is 1.80. The molecule has 31 heavy (non-hydrogen) atoms. The molecule has 0 radical (unpaired) electrons. The van der Waals surface area contributed by atoms with Crippen molar-refractivity contribution < 1.29 is 22.7 Å². The number of nitrogens with zero attached hydrogens (tertiary/aromatic N) is 3. The van der Waals surface area contributed by atoms with Gasteiger partial charge in [-0.2, -0.15) is 4.31 Å². The van der Waals surface area contributed by atoms with Crippen molar-refractivity contribution in [1.29, 1.82) is 0 Å². The summed E-state index contributed by atoms with van der Waals surface area (Å²) in [5, 5.41) is 2.71. The van der Waals surface area contributed by atoms with Gasteiger partial charge in [-0.25, -0.2) is 13.4 Å². The molecule has 0 unspecified atom stereocenters. The number of carbonyl (C=O) groups excluding carboxylic acids is 2. The van der Waals surface area contributed by atoms with Crippen LogP contribution < -0.4 is 5.32 Å². The molecule has 11 heteroatoms. The van der Waals surface area contributed by atoms with Crippen molar-refractivity contribution in [3.63, 3.8) is 0 Å². The molecular weight excluding hydrogens is 422 g/mol. The number of amides is 2. The molecule has 2 aromatic rings. The fraction of sp³-hybridized carbons (Fsp3) is 0.350. The van der Waals surface area contributed by atoms with Crippen LogP contribution in [0.3, 0.4) is 0 Å². The standard InChI is InChI=1S/C20H23N5O5S/c1-12-18(20(27)24(2)3)23-16(21-12)11-13-17-14(22-19(13)26)5-4-6-15(17)31(28,29)25-7-9-30-10-8-25/h4-6,11H,7-10H2,1-3H3,(H,21,23)(H,22,26). The van der Waals surface area contributed by atoms with Gasteiger partial charge in [0, 0.05) is 38.4 Å². The lowest BCUT2D eigenvalue weighted by atomic mass is 10.1. The molecule has 1 fully saturated rings. The average Bonchev–Trinajstić information content (AvgIpc) is 3.27. The summed E-state index contributed by atoms with van der Waals surface area (Å²) in [5.41, 5.74) is 1.68. The Morgan fingerprint density at radius 2 is 1.97 bits per heavy atom. The van der Waals surface area contributed by atoms with Gasteiger partial charge in [0.2, 0.25) is 10.0 Å². The number of carbonyl (C=O) groups is 2. The van der Waals surface area contributed by atoms with Gasteiger partial charge in [0.05, 0.1) is 29.4 Å². The van der Waals surface area contributed by atoms with E-state index < -0.39 is 15.9 Å². The zero-order chi connectivity index (χ0) is 22.3. The second-order valence-corrected chi connectivity index (χ2v) is 9.41. The molecule has 0 atom stereocenters. The summed E-state index contributed by atoms with van der Waals surface area (Å²) in [6.45, 7) is 2.85. The quantitative estimate of drug-likeness (QED) is 0.675. The number of anilines is 1. The molecule has 0 aliphatic carbocycles. The summed E-state index contributed by atoms with van der Waals surface area (Å²) in [6.07, 6.45) is 1.47. The molecule has 0 spiro atoms. The van der Waals surface area contributed by atoms with Crippen LogP contribution in [-0.4, -0.2) is 79.8 Å². The first-order valence-corrected chi connectivity index (χ1v) is 11.2. The molecule has 3 heterocycles. The lowest BCUT2D eigenvalue weighted by molar-refractivity contribution is -0.110. The molecule has 2 amide bonds. The maximum Gasteiger partial charge on any atom is 0.273 e. The van der Waals surface area contributed by atoms with Crippen LogP contribution >= 0.6 is 0 Å². The van der Waals surface area contributed by atoms with Gasteiger partial charge in [0.25, 0.3) is 11.8 Å². The number of H-pyrrole nitrogens is 1. The Labute approximate surface area is 179 Å². The molecule has 1 saturated heterocycles. The van der Waals surface area contributed by atoms with Crippen molar-refractivity contribution in [1.82, 2.24) is 19.2 Å². The van der Waals surface area contributed by atoms with Crippen molar-refractivity contribution in [2.24, 2.45) is 0 Å². The third-order valence-electron chi connectivity index (χ3n) is 5.17. The van der Waals surface area contributed by atoms with Crippen molar-refractivity contribution in [3.8, 4) is 0 Å². The number of morpholine rings is 1. The summed E-state index contributed by atoms with van der Waals surface area (Å²) in [6, 6.07) is 4.74. The third kappa shape index (κ3) is 3.75. The normalized spacial score (nSPS) is 18.2. The highest BCUT2D eigenvalue weighted by Crippen LogP contribution is 2.38. The SMILES string of the molecule is Cc1[nH]c(C=C2C(=O)Nc3cccc(S(=O)(=O)N4CCOCC4)c32)nc1C(=O)N(C)C. The third-order valence-corrected chi connectivity index (χ3v) is 7.11. The van der Waals surface area contributed by atoms with Gasteiger partial charge in [-0.15, -0.1) is 0 Å². The Kier molecular flexibility index (Phi) is 5.42. The smallest absolute Gasteiger partial charge is 0.273 e. The van der Waals surface area contributed by atoms with Crippen LogP contribution in [0.15, 0.2) is 23.1 Å². The number of imidazole rings is 1. The Bertz CT molecular complexity index is 1190. The van der Waals surface area contributed by atoms with E-state index in [2.05, 4.69) is 15.3 Å². The first kappa shape index (κ1) is 21.2. The topological polar surface area (TPSA) is 125 Å². The molecule has 2 N–H and O–H groups in total. The predicted octanol–water partition coefficient (Wildman–Crippen LogP) is 0.934. The monoisotopic (exact) mass is 445 g/mol. The van der Waals surface area contributed by atoms with Gasteiger partial charge in [-0.3, -0.25) is 9.59 Å². The maximum absolute atomic E-state index is 13.3. The molecule has 0 bridgehead atoms. The second-order valence-electron chi connectivity index (χ2n) is 7.50. The lowest BCUT2D eigenvalue weighted by Crippen LogP contribution is -2.40. The first-order chi connectivity index (χ1) is 14.7. The molecule has 10 nitrogen and oxygen atoms in total. The highest BCUT2D eigenvalue weighted by Gasteiger charge is 2.35. The molecule has 164 valence electrons. The second kappa shape index (κ2) is 7.91. The van der Waals surface area contributed by atoms with Crippen LogP contribution in [0.5, 0.6) is 0 Å². The number of sulfonamides is 1. The minimum atomic E-state index is -3.83. The fourth-order valence-corrected chi connectivity index (χ4v) is 5.24. The van der Waals surface area contributed by atoms with Crippen LogP contribution in [-0.2, 0) is 19.6 Å². The highest BCUT2D eigenvalue weighted by atomic mass is 32.2. The molecule has 2 aliphatic rings. The Morgan fingerprint density at radius 1 is 1.26 bits per heavy atom. The van der Waals surface area contributed by atoms with E-state index in [1.54, 1.807) is 33.2 Å². The summed E-state index contributed by atoms with van der Waals surface area (Å²) >= 11 is 0. The van der Waals surface area contributed by atoms with Crippen LogP contribution in [0.25, 0.3) is 11.6 Å². The maximum atomic E-state index is 13.3. The summed E-state index contributed by atoms with van der Waals surface area (Å²) in [5.74, 6) is -0.418. The first-order valence-electron chi connectivity index (χ1n) is 9.72. The van der Waals surface area contributed by atoms with Gasteiger partial charge in [-0.1, -0.05) is 6.07 Å². The van der Waals surface area contributed by atoms with Crippen LogP contribution in [0.1, 0.15) is 27.6 Å². The number of ether oxygens (including phenoxy) is 1. The highest BCUT2D eigenvalue weighted by molar-refractivity contribution is 7.89. The number of hydrogen-bond acceptors (Lipinski definition) is 6. The number of aromatic amines is 1. The van der Waals surface area contributed by atoms with E-state index in [0.717, 1.165) is 0 Å². The molecular formula is C20H23N5O5S. The number of aromatic nitrogens is 2. The molecule has 1 aromatic heterocycles. The fourth-order valence-electron chi connectivity index (χ4n) is 3.60. The van der Waals surface area contributed by atoms with Gasteiger partial charge in [0.15, 0.2) is 0 Å². The van der Waals surface area contributed by atoms with E-state index in [9.17, 15) is 18.0 Å². The van der Waals surface area contributed by atoms with E-state index in [-0.39, 0.29) is 35.2 Å².